The third-order valence-corrected chi connectivity index (χ3v) is 4.10. The van der Waals surface area contributed by atoms with E-state index >= 15 is 0 Å². The first kappa shape index (κ1) is 14.1. The van der Waals surface area contributed by atoms with E-state index in [2.05, 4.69) is 33.8 Å². The summed E-state index contributed by atoms with van der Waals surface area (Å²) in [7, 11) is 0. The Labute approximate surface area is 122 Å². The predicted octanol–water partition coefficient (Wildman–Crippen LogP) is 3.78. The van der Waals surface area contributed by atoms with E-state index in [1.807, 2.05) is 12.1 Å². The average Bonchev–Trinajstić information content (AvgIpc) is 2.85. The molecule has 0 amide bonds. The highest BCUT2D eigenvalue weighted by Crippen LogP contribution is 2.31. The highest BCUT2D eigenvalue weighted by Gasteiger charge is 2.22. The molecule has 0 radical (unpaired) electrons. The second kappa shape index (κ2) is 6.24. The smallest absolute Gasteiger partial charge is 0.328 e. The van der Waals surface area contributed by atoms with Crippen LogP contribution in [0.1, 0.15) is 25.3 Å². The largest absolute Gasteiger partial charge is 0.478 e. The third-order valence-electron chi connectivity index (χ3n) is 3.60. The zero-order valence-electron chi connectivity index (χ0n) is 11.0. The number of hydrogen-bond donors (Lipinski definition) is 1. The van der Waals surface area contributed by atoms with Crippen molar-refractivity contribution in [1.29, 1.82) is 0 Å². The normalized spacial score (nSPS) is 19.3. The van der Waals surface area contributed by atoms with Crippen molar-refractivity contribution in [2.24, 2.45) is 5.92 Å². The number of halogens is 1. The number of rotatable bonds is 4. The quantitative estimate of drug-likeness (QED) is 0.857. The summed E-state index contributed by atoms with van der Waals surface area (Å²) in [5.74, 6) is -0.169. The highest BCUT2D eigenvalue weighted by molar-refractivity contribution is 9.10. The Morgan fingerprint density at radius 1 is 1.58 bits per heavy atom. The molecular formula is C15H18BrNO2. The molecule has 4 heteroatoms. The summed E-state index contributed by atoms with van der Waals surface area (Å²) >= 11 is 3.49. The van der Waals surface area contributed by atoms with E-state index < -0.39 is 5.97 Å². The molecule has 1 atom stereocenters. The first-order valence-electron chi connectivity index (χ1n) is 6.55. The number of aliphatic carboxylic acids is 1. The Kier molecular flexibility index (Phi) is 4.64. The van der Waals surface area contributed by atoms with Gasteiger partial charge >= 0.3 is 5.97 Å². The fourth-order valence-electron chi connectivity index (χ4n) is 2.48. The summed E-state index contributed by atoms with van der Waals surface area (Å²) in [6.45, 7) is 4.32. The molecule has 1 saturated heterocycles. The first-order valence-corrected chi connectivity index (χ1v) is 7.35. The van der Waals surface area contributed by atoms with Gasteiger partial charge in [-0.25, -0.2) is 4.79 Å². The van der Waals surface area contributed by atoms with Crippen LogP contribution in [-0.2, 0) is 4.79 Å². The molecule has 1 aliphatic rings. The molecule has 0 spiro atoms. The average molecular weight is 324 g/mol. The molecular weight excluding hydrogens is 306 g/mol. The molecule has 2 rings (SSSR count). The minimum Gasteiger partial charge on any atom is -0.478 e. The summed E-state index contributed by atoms with van der Waals surface area (Å²) in [5, 5.41) is 8.76. The molecule has 1 aromatic rings. The van der Waals surface area contributed by atoms with Gasteiger partial charge < -0.3 is 10.0 Å². The molecule has 0 aliphatic carbocycles. The van der Waals surface area contributed by atoms with Crippen molar-refractivity contribution in [3.63, 3.8) is 0 Å². The van der Waals surface area contributed by atoms with E-state index in [1.54, 1.807) is 6.08 Å². The zero-order chi connectivity index (χ0) is 13.8. The molecule has 1 unspecified atom stereocenters. The molecule has 0 aromatic heterocycles. The summed E-state index contributed by atoms with van der Waals surface area (Å²) in [4.78, 5) is 13.0. The highest BCUT2D eigenvalue weighted by atomic mass is 79.9. The molecule has 1 heterocycles. The van der Waals surface area contributed by atoms with Crippen LogP contribution in [0.2, 0.25) is 0 Å². The number of anilines is 1. The molecule has 1 fully saturated rings. The summed E-state index contributed by atoms with van der Waals surface area (Å²) in [6.07, 6.45) is 5.28. The van der Waals surface area contributed by atoms with Gasteiger partial charge in [-0.15, -0.1) is 0 Å². The van der Waals surface area contributed by atoms with Crippen LogP contribution >= 0.6 is 15.9 Å². The third kappa shape index (κ3) is 3.60. The van der Waals surface area contributed by atoms with E-state index in [1.165, 1.54) is 18.9 Å². The van der Waals surface area contributed by atoms with Gasteiger partial charge in [0.25, 0.3) is 0 Å². The molecule has 19 heavy (non-hydrogen) atoms. The standard InChI is InChI=1S/C15H18BrNO2/c1-2-11-7-8-17(10-11)14-9-13(16)5-3-12(14)4-6-15(18)19/h3-6,9,11H,2,7-8,10H2,1H3,(H,18,19)/b6-4+. The summed E-state index contributed by atoms with van der Waals surface area (Å²) in [6, 6.07) is 5.97. The van der Waals surface area contributed by atoms with Gasteiger partial charge in [0.05, 0.1) is 0 Å². The van der Waals surface area contributed by atoms with Crippen molar-refractivity contribution in [2.75, 3.05) is 18.0 Å². The predicted molar refractivity (Wildman–Crippen MR) is 81.4 cm³/mol. The van der Waals surface area contributed by atoms with Gasteiger partial charge in [-0.05, 0) is 36.1 Å². The van der Waals surface area contributed by atoms with Gasteiger partial charge in [-0.1, -0.05) is 35.3 Å². The van der Waals surface area contributed by atoms with Crippen LogP contribution in [0.5, 0.6) is 0 Å². The summed E-state index contributed by atoms with van der Waals surface area (Å²) < 4.78 is 1.02. The minimum absolute atomic E-state index is 0.746. The minimum atomic E-state index is -0.915. The van der Waals surface area contributed by atoms with Crippen molar-refractivity contribution in [3.05, 3.63) is 34.3 Å². The van der Waals surface area contributed by atoms with E-state index in [0.717, 1.165) is 34.7 Å². The summed E-state index contributed by atoms with van der Waals surface area (Å²) in [5.41, 5.74) is 2.07. The van der Waals surface area contributed by atoms with E-state index in [0.29, 0.717) is 0 Å². The Balaban J connectivity index is 2.27. The molecule has 1 N–H and O–H groups in total. The van der Waals surface area contributed by atoms with Gasteiger partial charge in [0.2, 0.25) is 0 Å². The molecule has 1 aromatic carbocycles. The van der Waals surface area contributed by atoms with E-state index in [9.17, 15) is 4.79 Å². The Bertz CT molecular complexity index is 499. The van der Waals surface area contributed by atoms with Gasteiger partial charge in [0.1, 0.15) is 0 Å². The zero-order valence-corrected chi connectivity index (χ0v) is 12.6. The molecule has 102 valence electrons. The fourth-order valence-corrected chi connectivity index (χ4v) is 2.83. The van der Waals surface area contributed by atoms with Gasteiger partial charge in [-0.3, -0.25) is 0 Å². The molecule has 3 nitrogen and oxygen atoms in total. The van der Waals surface area contributed by atoms with Crippen molar-refractivity contribution in [1.82, 2.24) is 0 Å². The van der Waals surface area contributed by atoms with Crippen LogP contribution < -0.4 is 4.90 Å². The van der Waals surface area contributed by atoms with Crippen LogP contribution in [0.15, 0.2) is 28.7 Å². The Hall–Kier alpha value is -1.29. The Morgan fingerprint density at radius 2 is 2.37 bits per heavy atom. The van der Waals surface area contributed by atoms with Crippen LogP contribution in [0.25, 0.3) is 6.08 Å². The lowest BCUT2D eigenvalue weighted by molar-refractivity contribution is -0.131. The maximum absolute atomic E-state index is 10.7. The van der Waals surface area contributed by atoms with Crippen LogP contribution in [0, 0.1) is 5.92 Å². The maximum atomic E-state index is 10.7. The number of hydrogen-bond acceptors (Lipinski definition) is 2. The monoisotopic (exact) mass is 323 g/mol. The molecule has 0 saturated carbocycles. The van der Waals surface area contributed by atoms with Crippen LogP contribution in [0.4, 0.5) is 5.69 Å². The number of carbonyl (C=O) groups is 1. The lowest BCUT2D eigenvalue weighted by atomic mass is 10.1. The second-order valence-electron chi connectivity index (χ2n) is 4.88. The lowest BCUT2D eigenvalue weighted by Crippen LogP contribution is -2.20. The maximum Gasteiger partial charge on any atom is 0.328 e. The van der Waals surface area contributed by atoms with E-state index in [-0.39, 0.29) is 0 Å². The van der Waals surface area contributed by atoms with Crippen molar-refractivity contribution < 1.29 is 9.90 Å². The fraction of sp³-hybridized carbons (Fsp3) is 0.400. The number of nitrogens with zero attached hydrogens (tertiary/aromatic N) is 1. The number of carboxylic acid groups (broad SMARTS) is 1. The lowest BCUT2D eigenvalue weighted by Gasteiger charge is -2.21. The molecule has 1 aliphatic heterocycles. The number of carboxylic acids is 1. The first-order chi connectivity index (χ1) is 9.10. The van der Waals surface area contributed by atoms with Gasteiger partial charge in [-0.2, -0.15) is 0 Å². The second-order valence-corrected chi connectivity index (χ2v) is 5.80. The van der Waals surface area contributed by atoms with Gasteiger partial charge in [0, 0.05) is 29.3 Å². The van der Waals surface area contributed by atoms with Crippen LogP contribution in [0.3, 0.4) is 0 Å². The molecule has 0 bridgehead atoms. The Morgan fingerprint density at radius 3 is 3.00 bits per heavy atom. The topological polar surface area (TPSA) is 40.5 Å². The van der Waals surface area contributed by atoms with Crippen LogP contribution in [-0.4, -0.2) is 24.2 Å². The van der Waals surface area contributed by atoms with Crippen molar-refractivity contribution >= 4 is 33.7 Å². The number of benzene rings is 1. The van der Waals surface area contributed by atoms with Crippen molar-refractivity contribution in [3.8, 4) is 0 Å². The van der Waals surface area contributed by atoms with Crippen molar-refractivity contribution in [2.45, 2.75) is 19.8 Å². The van der Waals surface area contributed by atoms with Gasteiger partial charge in [0.15, 0.2) is 0 Å². The van der Waals surface area contributed by atoms with E-state index in [4.69, 9.17) is 5.11 Å². The SMILES string of the molecule is CCC1CCN(c2cc(Br)ccc2/C=C/C(=O)O)C1.